The first-order chi connectivity index (χ1) is 12.8. The Morgan fingerprint density at radius 1 is 1.37 bits per heavy atom. The van der Waals surface area contributed by atoms with Crippen LogP contribution in [0.15, 0.2) is 39.3 Å². The number of nitrogens with one attached hydrogen (secondary N) is 1. The van der Waals surface area contributed by atoms with Crippen LogP contribution in [0.2, 0.25) is 0 Å². The Labute approximate surface area is 163 Å². The van der Waals surface area contributed by atoms with Gasteiger partial charge in [0.05, 0.1) is 21.6 Å². The molecule has 0 saturated heterocycles. The number of nitro groups is 1. The average molecular weight is 404 g/mol. The van der Waals surface area contributed by atoms with Gasteiger partial charge in [0.2, 0.25) is 5.91 Å². The predicted octanol–water partition coefficient (Wildman–Crippen LogP) is 4.44. The lowest BCUT2D eigenvalue weighted by Crippen LogP contribution is -2.22. The van der Waals surface area contributed by atoms with Crippen molar-refractivity contribution in [2.75, 3.05) is 5.32 Å². The van der Waals surface area contributed by atoms with Crippen molar-refractivity contribution in [2.45, 2.75) is 31.2 Å². The summed E-state index contributed by atoms with van der Waals surface area (Å²) in [5.74, 6) is 0.500. The maximum Gasteiger partial charge on any atom is 0.270 e. The molecule has 3 aromatic rings. The molecule has 1 atom stereocenters. The highest BCUT2D eigenvalue weighted by atomic mass is 32.2. The minimum Gasteiger partial charge on any atom is -0.437 e. The van der Waals surface area contributed by atoms with E-state index in [4.69, 9.17) is 4.42 Å². The maximum absolute atomic E-state index is 12.4. The molecule has 0 aliphatic carbocycles. The zero-order chi connectivity index (χ0) is 19.6. The molecular weight excluding hydrogens is 388 g/mol. The van der Waals surface area contributed by atoms with Gasteiger partial charge in [0, 0.05) is 23.1 Å². The fraction of sp³-hybridized carbons (Fsp3) is 0.235. The fourth-order valence-corrected chi connectivity index (χ4v) is 3.70. The molecule has 0 radical (unpaired) electrons. The maximum atomic E-state index is 12.4. The zero-order valence-corrected chi connectivity index (χ0v) is 16.4. The summed E-state index contributed by atoms with van der Waals surface area (Å²) in [7, 11) is 0. The molecule has 0 bridgehead atoms. The van der Waals surface area contributed by atoms with Crippen molar-refractivity contribution < 1.29 is 14.1 Å². The quantitative estimate of drug-likeness (QED) is 0.367. The Hall–Kier alpha value is -2.72. The third-order valence-electron chi connectivity index (χ3n) is 3.74. The van der Waals surface area contributed by atoms with Crippen molar-refractivity contribution in [2.24, 2.45) is 0 Å². The molecule has 0 spiro atoms. The predicted molar refractivity (Wildman–Crippen MR) is 104 cm³/mol. The highest BCUT2D eigenvalue weighted by Crippen LogP contribution is 2.29. The molecule has 2 heterocycles. The summed E-state index contributed by atoms with van der Waals surface area (Å²) < 4.78 is 5.48. The Kier molecular flexibility index (Phi) is 5.57. The normalized spacial score (nSPS) is 12.0. The molecule has 0 aliphatic rings. The van der Waals surface area contributed by atoms with Crippen molar-refractivity contribution in [1.29, 1.82) is 0 Å². The van der Waals surface area contributed by atoms with Crippen LogP contribution in [0.4, 0.5) is 10.8 Å². The van der Waals surface area contributed by atoms with Gasteiger partial charge in [-0.25, -0.2) is 9.97 Å². The number of amides is 1. The van der Waals surface area contributed by atoms with Gasteiger partial charge >= 0.3 is 0 Å². The first kappa shape index (κ1) is 19.1. The number of aromatic nitrogens is 2. The van der Waals surface area contributed by atoms with Gasteiger partial charge in [0.1, 0.15) is 5.76 Å². The highest BCUT2D eigenvalue weighted by molar-refractivity contribution is 8.00. The molecule has 8 nitrogen and oxygen atoms in total. The number of rotatable bonds is 6. The lowest BCUT2D eigenvalue weighted by Gasteiger charge is -2.07. The van der Waals surface area contributed by atoms with E-state index in [1.54, 1.807) is 24.4 Å². The van der Waals surface area contributed by atoms with Crippen molar-refractivity contribution in [3.05, 3.63) is 51.2 Å². The van der Waals surface area contributed by atoms with Crippen LogP contribution in [0, 0.1) is 24.0 Å². The van der Waals surface area contributed by atoms with Crippen LogP contribution < -0.4 is 5.32 Å². The number of benzene rings is 1. The van der Waals surface area contributed by atoms with Gasteiger partial charge in [-0.05, 0) is 20.8 Å². The SMILES string of the molecule is Cc1nc(SC(C)C(=O)Nc2nc(-c3cccc([N+](=O)[O-])c3)cs2)oc1C. The first-order valence-corrected chi connectivity index (χ1v) is 9.71. The lowest BCUT2D eigenvalue weighted by molar-refractivity contribution is -0.384. The summed E-state index contributed by atoms with van der Waals surface area (Å²) in [6.07, 6.45) is 0. The number of oxazole rings is 1. The zero-order valence-electron chi connectivity index (χ0n) is 14.8. The number of thioether (sulfide) groups is 1. The Balaban J connectivity index is 1.67. The number of carbonyl (C=O) groups is 1. The molecular formula is C17H16N4O4S2. The van der Waals surface area contributed by atoms with E-state index < -0.39 is 10.2 Å². The Morgan fingerprint density at radius 3 is 2.81 bits per heavy atom. The summed E-state index contributed by atoms with van der Waals surface area (Å²) in [5.41, 5.74) is 1.98. The van der Waals surface area contributed by atoms with E-state index in [0.29, 0.717) is 21.6 Å². The summed E-state index contributed by atoms with van der Waals surface area (Å²) in [6.45, 7) is 5.42. The van der Waals surface area contributed by atoms with Gasteiger partial charge < -0.3 is 9.73 Å². The van der Waals surface area contributed by atoms with E-state index in [1.807, 2.05) is 13.8 Å². The molecule has 10 heteroatoms. The minimum atomic E-state index is -0.455. The van der Waals surface area contributed by atoms with Crippen LogP contribution in [0.1, 0.15) is 18.4 Å². The van der Waals surface area contributed by atoms with E-state index in [-0.39, 0.29) is 11.6 Å². The van der Waals surface area contributed by atoms with Gasteiger partial charge in [-0.3, -0.25) is 14.9 Å². The summed E-state index contributed by atoms with van der Waals surface area (Å²) in [6, 6.07) is 6.21. The number of thiazole rings is 1. The average Bonchev–Trinajstić information content (AvgIpc) is 3.21. The molecule has 1 unspecified atom stereocenters. The van der Waals surface area contributed by atoms with Crippen LogP contribution in [-0.2, 0) is 4.79 Å². The van der Waals surface area contributed by atoms with E-state index in [2.05, 4.69) is 15.3 Å². The molecule has 3 rings (SSSR count). The van der Waals surface area contributed by atoms with Gasteiger partial charge in [-0.15, -0.1) is 11.3 Å². The molecule has 27 heavy (non-hydrogen) atoms. The number of hydrogen-bond acceptors (Lipinski definition) is 8. The Morgan fingerprint density at radius 2 is 2.15 bits per heavy atom. The number of non-ortho nitro benzene ring substituents is 1. The van der Waals surface area contributed by atoms with Crippen molar-refractivity contribution in [3.63, 3.8) is 0 Å². The van der Waals surface area contributed by atoms with Crippen molar-refractivity contribution >= 4 is 39.8 Å². The minimum absolute atomic E-state index is 0.00681. The van der Waals surface area contributed by atoms with E-state index >= 15 is 0 Å². The van der Waals surface area contributed by atoms with Crippen molar-refractivity contribution in [1.82, 2.24) is 9.97 Å². The van der Waals surface area contributed by atoms with Crippen LogP contribution >= 0.6 is 23.1 Å². The second-order valence-corrected chi connectivity index (χ2v) is 7.87. The number of hydrogen-bond donors (Lipinski definition) is 1. The molecule has 0 aliphatic heterocycles. The third-order valence-corrected chi connectivity index (χ3v) is 5.44. The third kappa shape index (κ3) is 4.52. The molecule has 2 aromatic heterocycles. The van der Waals surface area contributed by atoms with Crippen LogP contribution in [0.5, 0.6) is 0 Å². The van der Waals surface area contributed by atoms with Crippen LogP contribution in [0.25, 0.3) is 11.3 Å². The molecule has 1 amide bonds. The molecule has 0 fully saturated rings. The molecule has 0 saturated carbocycles. The summed E-state index contributed by atoms with van der Waals surface area (Å²) >= 11 is 2.48. The number of nitrogens with zero attached hydrogens (tertiary/aromatic N) is 3. The van der Waals surface area contributed by atoms with Crippen molar-refractivity contribution in [3.8, 4) is 11.3 Å². The topological polar surface area (TPSA) is 111 Å². The lowest BCUT2D eigenvalue weighted by atomic mass is 10.1. The fourth-order valence-electron chi connectivity index (χ4n) is 2.15. The number of nitro benzene ring substituents is 1. The summed E-state index contributed by atoms with van der Waals surface area (Å²) in [5, 5.41) is 15.8. The number of anilines is 1. The van der Waals surface area contributed by atoms with Crippen LogP contribution in [0.3, 0.4) is 0 Å². The molecule has 1 aromatic carbocycles. The van der Waals surface area contributed by atoms with Gasteiger partial charge in [0.25, 0.3) is 10.9 Å². The smallest absolute Gasteiger partial charge is 0.270 e. The summed E-state index contributed by atoms with van der Waals surface area (Å²) in [4.78, 5) is 31.4. The van der Waals surface area contributed by atoms with E-state index in [0.717, 1.165) is 11.5 Å². The first-order valence-electron chi connectivity index (χ1n) is 7.95. The van der Waals surface area contributed by atoms with Crippen LogP contribution in [-0.4, -0.2) is 26.0 Å². The molecule has 140 valence electrons. The standard InChI is InChI=1S/C17H16N4O4S2/c1-9-10(2)25-17(18-9)27-11(3)15(22)20-16-19-14(8-26-16)12-5-4-6-13(7-12)21(23)24/h4-8,11H,1-3H3,(H,19,20,22). The number of carbonyl (C=O) groups excluding carboxylic acids is 1. The van der Waals surface area contributed by atoms with Gasteiger partial charge in [0.15, 0.2) is 5.13 Å². The monoisotopic (exact) mass is 404 g/mol. The number of aryl methyl sites for hydroxylation is 2. The van der Waals surface area contributed by atoms with E-state index in [1.165, 1.54) is 35.2 Å². The highest BCUT2D eigenvalue weighted by Gasteiger charge is 2.19. The Bertz CT molecular complexity index is 979. The van der Waals surface area contributed by atoms with Gasteiger partial charge in [-0.2, -0.15) is 0 Å². The van der Waals surface area contributed by atoms with Gasteiger partial charge in [-0.1, -0.05) is 23.9 Å². The largest absolute Gasteiger partial charge is 0.437 e. The second-order valence-electron chi connectivity index (χ2n) is 5.72. The molecule has 1 N–H and O–H groups in total. The second kappa shape index (κ2) is 7.89. The van der Waals surface area contributed by atoms with E-state index in [9.17, 15) is 14.9 Å².